The van der Waals surface area contributed by atoms with Gasteiger partial charge in [-0.1, -0.05) is 23.2 Å². The lowest BCUT2D eigenvalue weighted by Gasteiger charge is -2.11. The third kappa shape index (κ3) is 4.75. The molecule has 0 radical (unpaired) electrons. The van der Waals surface area contributed by atoms with Gasteiger partial charge in [0.2, 0.25) is 5.91 Å². The lowest BCUT2D eigenvalue weighted by molar-refractivity contribution is -0.121. The molecule has 100 valence electrons. The highest BCUT2D eigenvalue weighted by molar-refractivity contribution is 6.35. The summed E-state index contributed by atoms with van der Waals surface area (Å²) in [4.78, 5) is 11.4. The first kappa shape index (κ1) is 15.1. The minimum Gasteiger partial charge on any atom is -0.383 e. The molecule has 0 bridgehead atoms. The Balaban J connectivity index is 2.49. The Morgan fingerprint density at radius 2 is 1.94 bits per heavy atom. The van der Waals surface area contributed by atoms with Crippen molar-refractivity contribution in [3.8, 4) is 0 Å². The molecule has 2 N–H and O–H groups in total. The fraction of sp³-hybridized carbons (Fsp3) is 0.462. The van der Waals surface area contributed by atoms with Crippen LogP contribution >= 0.6 is 23.2 Å². The molecule has 0 saturated carbocycles. The highest BCUT2D eigenvalue weighted by atomic mass is 35.5. The van der Waals surface area contributed by atoms with Crippen molar-refractivity contribution in [2.24, 2.45) is 0 Å². The summed E-state index contributed by atoms with van der Waals surface area (Å²) in [7, 11) is 0. The van der Waals surface area contributed by atoms with Gasteiger partial charge in [-0.3, -0.25) is 4.79 Å². The molecule has 0 aromatic heterocycles. The van der Waals surface area contributed by atoms with Gasteiger partial charge in [0.25, 0.3) is 0 Å². The maximum absolute atomic E-state index is 11.4. The largest absolute Gasteiger partial charge is 0.383 e. The molecule has 1 rings (SSSR count). The molecule has 0 aliphatic carbocycles. The molecule has 0 heterocycles. The van der Waals surface area contributed by atoms with E-state index in [2.05, 4.69) is 10.6 Å². The van der Waals surface area contributed by atoms with Crippen molar-refractivity contribution < 1.29 is 4.79 Å². The lowest BCUT2D eigenvalue weighted by Crippen LogP contribution is -2.31. The number of hydrogen-bond donors (Lipinski definition) is 2. The molecule has 0 unspecified atom stereocenters. The standard InChI is InChI=1S/C13H18Cl2N2O/c1-8(2)17-13(18)4-5-16-12-7-10(14)9(3)6-11(12)15/h6-8,16H,4-5H2,1-3H3,(H,17,18). The van der Waals surface area contributed by atoms with Crippen LogP contribution in [0.25, 0.3) is 0 Å². The number of halogens is 2. The summed E-state index contributed by atoms with van der Waals surface area (Å²) in [5.41, 5.74) is 1.69. The molecule has 5 heteroatoms. The molecule has 0 fully saturated rings. The number of benzene rings is 1. The van der Waals surface area contributed by atoms with E-state index in [0.29, 0.717) is 23.0 Å². The molecular weight excluding hydrogens is 271 g/mol. The van der Waals surface area contributed by atoms with Gasteiger partial charge in [-0.25, -0.2) is 0 Å². The summed E-state index contributed by atoms with van der Waals surface area (Å²) in [6, 6.07) is 3.75. The average molecular weight is 289 g/mol. The van der Waals surface area contributed by atoms with Crippen molar-refractivity contribution in [3.63, 3.8) is 0 Å². The Morgan fingerprint density at radius 1 is 1.28 bits per heavy atom. The Hall–Kier alpha value is -0.930. The lowest BCUT2D eigenvalue weighted by atomic mass is 10.2. The van der Waals surface area contributed by atoms with Crippen molar-refractivity contribution in [2.45, 2.75) is 33.2 Å². The second-order valence-electron chi connectivity index (χ2n) is 4.48. The zero-order valence-corrected chi connectivity index (χ0v) is 12.3. The second-order valence-corrected chi connectivity index (χ2v) is 5.29. The molecule has 18 heavy (non-hydrogen) atoms. The van der Waals surface area contributed by atoms with Gasteiger partial charge in [-0.2, -0.15) is 0 Å². The van der Waals surface area contributed by atoms with E-state index in [9.17, 15) is 4.79 Å². The molecular formula is C13H18Cl2N2O. The van der Waals surface area contributed by atoms with Crippen molar-refractivity contribution in [2.75, 3.05) is 11.9 Å². The first-order valence-electron chi connectivity index (χ1n) is 5.89. The number of aryl methyl sites for hydroxylation is 1. The number of anilines is 1. The van der Waals surface area contributed by atoms with Gasteiger partial charge >= 0.3 is 0 Å². The number of nitrogens with one attached hydrogen (secondary N) is 2. The topological polar surface area (TPSA) is 41.1 Å². The van der Waals surface area contributed by atoms with Crippen LogP contribution in [0.5, 0.6) is 0 Å². The van der Waals surface area contributed by atoms with Gasteiger partial charge < -0.3 is 10.6 Å². The van der Waals surface area contributed by atoms with E-state index in [1.165, 1.54) is 0 Å². The second kappa shape index (κ2) is 6.86. The summed E-state index contributed by atoms with van der Waals surface area (Å²) < 4.78 is 0. The van der Waals surface area contributed by atoms with Crippen molar-refractivity contribution >= 4 is 34.8 Å². The molecule has 0 aliphatic heterocycles. The van der Waals surface area contributed by atoms with Crippen LogP contribution in [-0.2, 0) is 4.79 Å². The quantitative estimate of drug-likeness (QED) is 0.869. The molecule has 0 saturated heterocycles. The predicted octanol–water partition coefficient (Wildman–Crippen LogP) is 3.63. The highest BCUT2D eigenvalue weighted by Crippen LogP contribution is 2.28. The summed E-state index contributed by atoms with van der Waals surface area (Å²) in [5.74, 6) is 0.0202. The summed E-state index contributed by atoms with van der Waals surface area (Å²) in [5, 5.41) is 7.21. The van der Waals surface area contributed by atoms with Crippen LogP contribution in [0.15, 0.2) is 12.1 Å². The maximum Gasteiger partial charge on any atom is 0.221 e. The van der Waals surface area contributed by atoms with E-state index < -0.39 is 0 Å². The Bertz CT molecular complexity index is 433. The van der Waals surface area contributed by atoms with Crippen LogP contribution in [0.3, 0.4) is 0 Å². The van der Waals surface area contributed by atoms with Crippen molar-refractivity contribution in [3.05, 3.63) is 27.7 Å². The van der Waals surface area contributed by atoms with Crippen LogP contribution < -0.4 is 10.6 Å². The van der Waals surface area contributed by atoms with Gasteiger partial charge in [-0.15, -0.1) is 0 Å². The van der Waals surface area contributed by atoms with Gasteiger partial charge in [0.05, 0.1) is 10.7 Å². The zero-order valence-electron chi connectivity index (χ0n) is 10.8. The molecule has 0 spiro atoms. The minimum absolute atomic E-state index is 0.0202. The molecule has 1 amide bonds. The maximum atomic E-state index is 11.4. The fourth-order valence-corrected chi connectivity index (χ4v) is 1.94. The SMILES string of the molecule is Cc1cc(Cl)c(NCCC(=O)NC(C)C)cc1Cl. The normalized spacial score (nSPS) is 10.6. The summed E-state index contributed by atoms with van der Waals surface area (Å²) in [6.07, 6.45) is 0.403. The van der Waals surface area contributed by atoms with Gasteiger partial charge in [0.15, 0.2) is 0 Å². The van der Waals surface area contributed by atoms with Gasteiger partial charge in [-0.05, 0) is 38.5 Å². The van der Waals surface area contributed by atoms with E-state index in [1.54, 1.807) is 12.1 Å². The van der Waals surface area contributed by atoms with Crippen LogP contribution in [-0.4, -0.2) is 18.5 Å². The first-order valence-corrected chi connectivity index (χ1v) is 6.64. The van der Waals surface area contributed by atoms with Crippen LogP contribution in [0.4, 0.5) is 5.69 Å². The van der Waals surface area contributed by atoms with E-state index in [0.717, 1.165) is 11.3 Å². The highest BCUT2D eigenvalue weighted by Gasteiger charge is 2.06. The predicted molar refractivity (Wildman–Crippen MR) is 77.6 cm³/mol. The summed E-state index contributed by atoms with van der Waals surface area (Å²) >= 11 is 12.1. The molecule has 0 atom stereocenters. The number of amides is 1. The van der Waals surface area contributed by atoms with E-state index >= 15 is 0 Å². The Morgan fingerprint density at radius 3 is 2.56 bits per heavy atom. The Labute approximate surface area is 118 Å². The molecule has 3 nitrogen and oxygen atoms in total. The number of carbonyl (C=O) groups is 1. The number of carbonyl (C=O) groups excluding carboxylic acids is 1. The van der Waals surface area contributed by atoms with Gasteiger partial charge in [0.1, 0.15) is 0 Å². The van der Waals surface area contributed by atoms with Crippen LogP contribution in [0.1, 0.15) is 25.8 Å². The molecule has 1 aromatic carbocycles. The molecule has 1 aromatic rings. The minimum atomic E-state index is 0.0202. The number of hydrogen-bond acceptors (Lipinski definition) is 2. The van der Waals surface area contributed by atoms with Crippen molar-refractivity contribution in [1.82, 2.24) is 5.32 Å². The molecule has 0 aliphatic rings. The third-order valence-corrected chi connectivity index (χ3v) is 3.09. The van der Waals surface area contributed by atoms with Crippen molar-refractivity contribution in [1.29, 1.82) is 0 Å². The van der Waals surface area contributed by atoms with Gasteiger partial charge in [0, 0.05) is 24.0 Å². The number of rotatable bonds is 5. The fourth-order valence-electron chi connectivity index (χ4n) is 1.49. The van der Waals surface area contributed by atoms with E-state index in [-0.39, 0.29) is 11.9 Å². The van der Waals surface area contributed by atoms with E-state index in [4.69, 9.17) is 23.2 Å². The third-order valence-electron chi connectivity index (χ3n) is 2.37. The Kier molecular flexibility index (Phi) is 5.76. The van der Waals surface area contributed by atoms with E-state index in [1.807, 2.05) is 20.8 Å². The summed E-state index contributed by atoms with van der Waals surface area (Å²) in [6.45, 7) is 6.29. The monoisotopic (exact) mass is 288 g/mol. The smallest absolute Gasteiger partial charge is 0.221 e. The average Bonchev–Trinajstić information content (AvgIpc) is 2.24. The zero-order chi connectivity index (χ0) is 13.7. The first-order chi connectivity index (χ1) is 8.40. The van der Waals surface area contributed by atoms with Crippen LogP contribution in [0.2, 0.25) is 10.0 Å². The van der Waals surface area contributed by atoms with Crippen LogP contribution in [0, 0.1) is 6.92 Å².